The number of carbonyl (C=O) groups excluding carboxylic acids is 1. The number of amides is 1. The predicted octanol–water partition coefficient (Wildman–Crippen LogP) is 3.74. The van der Waals surface area contributed by atoms with E-state index in [0.717, 1.165) is 6.92 Å². The Bertz CT molecular complexity index is 550. The van der Waals surface area contributed by atoms with Crippen molar-refractivity contribution in [3.8, 4) is 0 Å². The second-order valence-corrected chi connectivity index (χ2v) is 6.36. The highest BCUT2D eigenvalue weighted by atomic mass is 19.4. The van der Waals surface area contributed by atoms with Gasteiger partial charge in [0.25, 0.3) is 0 Å². The molecule has 1 rings (SSSR count). The van der Waals surface area contributed by atoms with Gasteiger partial charge in [-0.25, -0.2) is 0 Å². The zero-order chi connectivity index (χ0) is 19.1. The predicted molar refractivity (Wildman–Crippen MR) is 88.7 cm³/mol. The first kappa shape index (κ1) is 21.4. The van der Waals surface area contributed by atoms with E-state index in [1.165, 1.54) is 7.11 Å². The first-order valence-electron chi connectivity index (χ1n) is 8.27. The van der Waals surface area contributed by atoms with Crippen LogP contribution in [0.5, 0.6) is 0 Å². The summed E-state index contributed by atoms with van der Waals surface area (Å²) in [4.78, 5) is 12.5. The average molecular weight is 361 g/mol. The number of aliphatic hydroxyl groups is 1. The van der Waals surface area contributed by atoms with Gasteiger partial charge in [0.1, 0.15) is 5.41 Å². The number of benzene rings is 1. The summed E-state index contributed by atoms with van der Waals surface area (Å²) in [5, 5.41) is 13.1. The fraction of sp³-hybridized carbons (Fsp3) is 0.611. The van der Waals surface area contributed by atoms with Crippen molar-refractivity contribution in [3.05, 3.63) is 35.9 Å². The van der Waals surface area contributed by atoms with Crippen molar-refractivity contribution in [1.29, 1.82) is 0 Å². The molecule has 0 aliphatic heterocycles. The Morgan fingerprint density at radius 2 is 1.80 bits per heavy atom. The third-order valence-electron chi connectivity index (χ3n) is 4.40. The smallest absolute Gasteiger partial charge is 0.384 e. The molecular weight excluding hydrogens is 335 g/mol. The Morgan fingerprint density at radius 3 is 2.28 bits per heavy atom. The highest BCUT2D eigenvalue weighted by molar-refractivity contribution is 5.83. The van der Waals surface area contributed by atoms with Crippen LogP contribution in [-0.2, 0) is 15.3 Å². The minimum absolute atomic E-state index is 0.0685. The number of rotatable bonds is 9. The van der Waals surface area contributed by atoms with Crippen LogP contribution in [0.1, 0.15) is 45.1 Å². The van der Waals surface area contributed by atoms with Gasteiger partial charge in [-0.3, -0.25) is 4.79 Å². The van der Waals surface area contributed by atoms with Crippen LogP contribution in [0.4, 0.5) is 13.2 Å². The Balaban J connectivity index is 3.15. The van der Waals surface area contributed by atoms with Crippen molar-refractivity contribution in [1.82, 2.24) is 5.32 Å². The van der Waals surface area contributed by atoms with Crippen LogP contribution in [-0.4, -0.2) is 30.9 Å². The van der Waals surface area contributed by atoms with Crippen molar-refractivity contribution in [2.24, 2.45) is 5.41 Å². The quantitative estimate of drug-likeness (QED) is 0.659. The standard InChI is InChI=1S/C18H26F3NO3/c1-4-5-11-16(2,18(19,20)21)15(23)22-17(24,12-13-25-3)14-9-7-6-8-10-14/h6-10,24H,4-5,11-13H2,1-3H3,(H,22,23). The van der Waals surface area contributed by atoms with Gasteiger partial charge in [0.15, 0.2) is 5.72 Å². The summed E-state index contributed by atoms with van der Waals surface area (Å²) in [5.41, 5.74) is -4.20. The summed E-state index contributed by atoms with van der Waals surface area (Å²) in [5.74, 6) is -1.24. The van der Waals surface area contributed by atoms with E-state index in [-0.39, 0.29) is 25.9 Å². The summed E-state index contributed by atoms with van der Waals surface area (Å²) < 4.78 is 45.5. The number of hydrogen-bond donors (Lipinski definition) is 2. The van der Waals surface area contributed by atoms with E-state index in [1.807, 2.05) is 0 Å². The molecule has 0 saturated carbocycles. The molecule has 1 aromatic rings. The van der Waals surface area contributed by atoms with Crippen LogP contribution in [0.3, 0.4) is 0 Å². The van der Waals surface area contributed by atoms with E-state index >= 15 is 0 Å². The first-order valence-corrected chi connectivity index (χ1v) is 8.27. The number of methoxy groups -OCH3 is 1. The van der Waals surface area contributed by atoms with E-state index in [1.54, 1.807) is 37.3 Å². The lowest BCUT2D eigenvalue weighted by molar-refractivity contribution is -0.222. The lowest BCUT2D eigenvalue weighted by Gasteiger charge is -2.36. The Morgan fingerprint density at radius 1 is 1.20 bits per heavy atom. The normalized spacial score (nSPS) is 16.8. The number of ether oxygens (including phenoxy) is 1. The van der Waals surface area contributed by atoms with Gasteiger partial charge in [0.2, 0.25) is 5.91 Å². The minimum Gasteiger partial charge on any atom is -0.384 e. The number of unbranched alkanes of at least 4 members (excludes halogenated alkanes) is 1. The topological polar surface area (TPSA) is 58.6 Å². The summed E-state index contributed by atoms with van der Waals surface area (Å²) in [6.07, 6.45) is -4.34. The summed E-state index contributed by atoms with van der Waals surface area (Å²) in [6.45, 7) is 2.71. The highest BCUT2D eigenvalue weighted by Gasteiger charge is 2.57. The molecule has 0 saturated heterocycles. The molecule has 7 heteroatoms. The van der Waals surface area contributed by atoms with Gasteiger partial charge < -0.3 is 15.2 Å². The SMILES string of the molecule is CCCCC(C)(C(=O)NC(O)(CCOC)c1ccccc1)C(F)(F)F. The Kier molecular flexibility index (Phi) is 7.44. The van der Waals surface area contributed by atoms with Crippen LogP contribution in [0.15, 0.2) is 30.3 Å². The van der Waals surface area contributed by atoms with Gasteiger partial charge in [-0.05, 0) is 13.3 Å². The van der Waals surface area contributed by atoms with Gasteiger partial charge in [0.05, 0.1) is 6.61 Å². The lowest BCUT2D eigenvalue weighted by atomic mass is 9.82. The third kappa shape index (κ3) is 5.19. The van der Waals surface area contributed by atoms with E-state index in [2.05, 4.69) is 5.32 Å². The molecule has 0 aliphatic rings. The molecule has 2 N–H and O–H groups in total. The summed E-state index contributed by atoms with van der Waals surface area (Å²) in [6, 6.07) is 8.08. The van der Waals surface area contributed by atoms with Gasteiger partial charge in [0, 0.05) is 19.1 Å². The summed E-state index contributed by atoms with van der Waals surface area (Å²) in [7, 11) is 1.41. The largest absolute Gasteiger partial charge is 0.402 e. The minimum atomic E-state index is -4.72. The average Bonchev–Trinajstić information content (AvgIpc) is 2.57. The maximum absolute atomic E-state index is 13.5. The third-order valence-corrected chi connectivity index (χ3v) is 4.40. The molecule has 142 valence electrons. The number of carbonyl (C=O) groups is 1. The zero-order valence-corrected chi connectivity index (χ0v) is 14.8. The van der Waals surface area contributed by atoms with Gasteiger partial charge >= 0.3 is 6.18 Å². The molecule has 0 aromatic heterocycles. The number of alkyl halides is 3. The van der Waals surface area contributed by atoms with Crippen LogP contribution in [0.2, 0.25) is 0 Å². The van der Waals surface area contributed by atoms with Crippen molar-refractivity contribution < 1.29 is 27.8 Å². The maximum Gasteiger partial charge on any atom is 0.402 e. The fourth-order valence-corrected chi connectivity index (χ4v) is 2.48. The van der Waals surface area contributed by atoms with Gasteiger partial charge in [-0.15, -0.1) is 0 Å². The second-order valence-electron chi connectivity index (χ2n) is 6.36. The van der Waals surface area contributed by atoms with E-state index in [9.17, 15) is 23.1 Å². The van der Waals surface area contributed by atoms with Crippen molar-refractivity contribution in [2.75, 3.05) is 13.7 Å². The van der Waals surface area contributed by atoms with Crippen molar-refractivity contribution in [3.63, 3.8) is 0 Å². The number of halogens is 3. The van der Waals surface area contributed by atoms with E-state index in [4.69, 9.17) is 4.74 Å². The molecule has 0 radical (unpaired) electrons. The van der Waals surface area contributed by atoms with Gasteiger partial charge in [-0.1, -0.05) is 50.1 Å². The maximum atomic E-state index is 13.5. The van der Waals surface area contributed by atoms with Crippen molar-refractivity contribution >= 4 is 5.91 Å². The monoisotopic (exact) mass is 361 g/mol. The molecule has 4 nitrogen and oxygen atoms in total. The molecule has 1 aromatic carbocycles. The Labute approximate surface area is 146 Å². The van der Waals surface area contributed by atoms with Crippen LogP contribution < -0.4 is 5.32 Å². The lowest BCUT2D eigenvalue weighted by Crippen LogP contribution is -2.56. The molecule has 2 atom stereocenters. The van der Waals surface area contributed by atoms with Crippen molar-refractivity contribution in [2.45, 2.75) is 51.4 Å². The second kappa shape index (κ2) is 8.67. The van der Waals surface area contributed by atoms with Crippen LogP contribution in [0, 0.1) is 5.41 Å². The molecule has 25 heavy (non-hydrogen) atoms. The number of hydrogen-bond acceptors (Lipinski definition) is 3. The fourth-order valence-electron chi connectivity index (χ4n) is 2.48. The molecule has 0 aliphatic carbocycles. The molecular formula is C18H26F3NO3. The van der Waals surface area contributed by atoms with E-state index in [0.29, 0.717) is 12.0 Å². The molecule has 1 amide bonds. The van der Waals surface area contributed by atoms with E-state index < -0.39 is 23.2 Å². The molecule has 0 bridgehead atoms. The number of nitrogens with one attached hydrogen (secondary N) is 1. The van der Waals surface area contributed by atoms with Gasteiger partial charge in [-0.2, -0.15) is 13.2 Å². The summed E-state index contributed by atoms with van der Waals surface area (Å²) >= 11 is 0. The molecule has 0 fully saturated rings. The first-order chi connectivity index (χ1) is 11.6. The molecule has 2 unspecified atom stereocenters. The molecule has 0 spiro atoms. The zero-order valence-electron chi connectivity index (χ0n) is 14.8. The molecule has 0 heterocycles. The van der Waals surface area contributed by atoms with Crippen LogP contribution in [0.25, 0.3) is 0 Å². The van der Waals surface area contributed by atoms with Crippen LogP contribution >= 0.6 is 0 Å². The Hall–Kier alpha value is -1.60. The highest BCUT2D eigenvalue weighted by Crippen LogP contribution is 2.43.